The fourth-order valence-electron chi connectivity index (χ4n) is 4.77. The number of carbonyl (C=O) groups is 1. The molecule has 0 bridgehead atoms. The smallest absolute Gasteiger partial charge is 0.251 e. The average Bonchev–Trinajstić information content (AvgIpc) is 2.85. The van der Waals surface area contributed by atoms with E-state index in [9.17, 15) is 4.79 Å². The minimum Gasteiger partial charge on any atom is -0.357 e. The van der Waals surface area contributed by atoms with Crippen molar-refractivity contribution in [3.63, 3.8) is 0 Å². The zero-order valence-electron chi connectivity index (χ0n) is 19.4. The van der Waals surface area contributed by atoms with Crippen LogP contribution in [0.3, 0.4) is 0 Å². The Morgan fingerprint density at radius 2 is 1.85 bits per heavy atom. The number of aromatic nitrogens is 2. The summed E-state index contributed by atoms with van der Waals surface area (Å²) in [5, 5.41) is 6.85. The monoisotopic (exact) mass is 568 g/mol. The van der Waals surface area contributed by atoms with Crippen molar-refractivity contribution in [2.75, 3.05) is 50.0 Å². The van der Waals surface area contributed by atoms with Gasteiger partial charge < -0.3 is 15.5 Å². The van der Waals surface area contributed by atoms with E-state index in [1.54, 1.807) is 7.05 Å². The number of benzene rings is 1. The van der Waals surface area contributed by atoms with E-state index in [0.717, 1.165) is 56.0 Å². The lowest BCUT2D eigenvalue weighted by Gasteiger charge is -2.37. The van der Waals surface area contributed by atoms with Crippen LogP contribution >= 0.6 is 39.1 Å². The van der Waals surface area contributed by atoms with Gasteiger partial charge in [-0.3, -0.25) is 9.69 Å². The summed E-state index contributed by atoms with van der Waals surface area (Å²) in [6.45, 7) is 4.79. The van der Waals surface area contributed by atoms with Gasteiger partial charge in [-0.05, 0) is 62.8 Å². The number of hydrogen-bond donors (Lipinski definition) is 2. The molecule has 0 spiro atoms. The van der Waals surface area contributed by atoms with Crippen molar-refractivity contribution >= 4 is 56.8 Å². The van der Waals surface area contributed by atoms with Crippen molar-refractivity contribution in [3.8, 4) is 0 Å². The van der Waals surface area contributed by atoms with Gasteiger partial charge in [0.1, 0.15) is 5.02 Å². The number of piperazine rings is 1. The Labute approximate surface area is 219 Å². The number of rotatable bonds is 7. The van der Waals surface area contributed by atoms with Gasteiger partial charge in [0, 0.05) is 49.3 Å². The van der Waals surface area contributed by atoms with Gasteiger partial charge in [-0.25, -0.2) is 0 Å². The molecule has 0 atom stereocenters. The molecule has 0 unspecified atom stereocenters. The van der Waals surface area contributed by atoms with Crippen molar-refractivity contribution < 1.29 is 4.79 Å². The second-order valence-corrected chi connectivity index (χ2v) is 10.7. The van der Waals surface area contributed by atoms with Crippen LogP contribution in [0.5, 0.6) is 0 Å². The number of amides is 1. The van der Waals surface area contributed by atoms with Crippen molar-refractivity contribution in [1.82, 2.24) is 20.2 Å². The lowest BCUT2D eigenvalue weighted by Crippen LogP contribution is -2.47. The van der Waals surface area contributed by atoms with Crippen molar-refractivity contribution in [1.29, 1.82) is 0 Å². The van der Waals surface area contributed by atoms with Crippen molar-refractivity contribution in [2.45, 2.75) is 38.1 Å². The molecule has 0 radical (unpaired) electrons. The third-order valence-electron chi connectivity index (χ3n) is 6.81. The summed E-state index contributed by atoms with van der Waals surface area (Å²) >= 11 is 16.0. The SMILES string of the molecule is CNc1nc(Cl)c(Cl)c(N2CCN(CC[C@H]3CC[C@H](NC(=O)c4cccc(Br)c4)CC3)CC2)n1. The molecule has 1 amide bonds. The quantitative estimate of drug-likeness (QED) is 0.453. The summed E-state index contributed by atoms with van der Waals surface area (Å²) in [5.41, 5.74) is 0.711. The number of nitrogens with one attached hydrogen (secondary N) is 2. The van der Waals surface area contributed by atoms with Gasteiger partial charge in [0.2, 0.25) is 5.95 Å². The van der Waals surface area contributed by atoms with Crippen LogP contribution < -0.4 is 15.5 Å². The molecule has 2 fully saturated rings. The van der Waals surface area contributed by atoms with Gasteiger partial charge in [0.15, 0.2) is 11.0 Å². The Morgan fingerprint density at radius 1 is 1.12 bits per heavy atom. The predicted octanol–water partition coefficient (Wildman–Crippen LogP) is 5.09. The predicted molar refractivity (Wildman–Crippen MR) is 142 cm³/mol. The summed E-state index contributed by atoms with van der Waals surface area (Å²) in [4.78, 5) is 25.9. The molecule has 2 heterocycles. The summed E-state index contributed by atoms with van der Waals surface area (Å²) in [7, 11) is 1.77. The topological polar surface area (TPSA) is 73.4 Å². The van der Waals surface area contributed by atoms with Gasteiger partial charge in [-0.1, -0.05) is 45.2 Å². The largest absolute Gasteiger partial charge is 0.357 e. The number of carbonyl (C=O) groups excluding carboxylic acids is 1. The Bertz CT molecular complexity index is 993. The number of nitrogens with zero attached hydrogens (tertiary/aromatic N) is 4. The molecule has 2 aromatic rings. The molecule has 4 rings (SSSR count). The van der Waals surface area contributed by atoms with Crippen LogP contribution in [0, 0.1) is 5.92 Å². The summed E-state index contributed by atoms with van der Waals surface area (Å²) in [5.74, 6) is 1.93. The van der Waals surface area contributed by atoms with E-state index in [2.05, 4.69) is 46.3 Å². The van der Waals surface area contributed by atoms with E-state index < -0.39 is 0 Å². The standard InChI is InChI=1S/C24H31BrCl2N6O/c1-28-24-30-21(27)20(26)22(31-24)33-13-11-32(12-14-33)10-9-16-5-7-19(8-6-16)29-23(34)17-3-2-4-18(25)15-17/h2-4,15-16,19H,5-14H2,1H3,(H,29,34)(H,28,30,31)/t16-,19-. The van der Waals surface area contributed by atoms with Gasteiger partial charge >= 0.3 is 0 Å². The second-order valence-electron chi connectivity index (χ2n) is 9.04. The van der Waals surface area contributed by atoms with Crippen LogP contribution in [0.15, 0.2) is 28.7 Å². The molecule has 1 saturated carbocycles. The maximum atomic E-state index is 12.5. The molecular formula is C24H31BrCl2N6O. The Hall–Kier alpha value is -1.61. The highest BCUT2D eigenvalue weighted by atomic mass is 79.9. The highest BCUT2D eigenvalue weighted by Gasteiger charge is 2.25. The first-order valence-corrected chi connectivity index (χ1v) is 13.4. The molecule has 2 N–H and O–H groups in total. The minimum atomic E-state index is 0.0227. The third-order valence-corrected chi connectivity index (χ3v) is 8.02. The number of halogens is 3. The molecule has 1 aliphatic carbocycles. The van der Waals surface area contributed by atoms with Gasteiger partial charge in [0.25, 0.3) is 5.91 Å². The average molecular weight is 570 g/mol. The number of anilines is 2. The lowest BCUT2D eigenvalue weighted by atomic mass is 9.84. The zero-order valence-corrected chi connectivity index (χ0v) is 22.5. The fourth-order valence-corrected chi connectivity index (χ4v) is 5.54. The maximum Gasteiger partial charge on any atom is 0.251 e. The van der Waals surface area contributed by atoms with Crippen LogP contribution in [0.1, 0.15) is 42.5 Å². The number of hydrogen-bond acceptors (Lipinski definition) is 6. The van der Waals surface area contributed by atoms with E-state index in [0.29, 0.717) is 22.4 Å². The maximum absolute atomic E-state index is 12.5. The van der Waals surface area contributed by atoms with Crippen LogP contribution in [-0.2, 0) is 0 Å². The van der Waals surface area contributed by atoms with Crippen LogP contribution in [0.4, 0.5) is 11.8 Å². The lowest BCUT2D eigenvalue weighted by molar-refractivity contribution is 0.0919. The van der Waals surface area contributed by atoms with E-state index in [1.165, 1.54) is 19.3 Å². The van der Waals surface area contributed by atoms with E-state index in [1.807, 2.05) is 24.3 Å². The van der Waals surface area contributed by atoms with E-state index in [4.69, 9.17) is 23.2 Å². The zero-order chi connectivity index (χ0) is 24.1. The highest BCUT2D eigenvalue weighted by Crippen LogP contribution is 2.32. The molecular weight excluding hydrogens is 539 g/mol. The molecule has 1 saturated heterocycles. The molecule has 1 aliphatic heterocycles. The first kappa shape index (κ1) is 25.5. The third kappa shape index (κ3) is 6.53. The Morgan fingerprint density at radius 3 is 2.53 bits per heavy atom. The molecule has 7 nitrogen and oxygen atoms in total. The molecule has 1 aromatic heterocycles. The molecule has 1 aromatic carbocycles. The summed E-state index contributed by atoms with van der Waals surface area (Å²) in [6.07, 6.45) is 5.66. The van der Waals surface area contributed by atoms with E-state index in [-0.39, 0.29) is 17.1 Å². The van der Waals surface area contributed by atoms with Crippen LogP contribution in [0.25, 0.3) is 0 Å². The van der Waals surface area contributed by atoms with Gasteiger partial charge in [-0.2, -0.15) is 9.97 Å². The van der Waals surface area contributed by atoms with E-state index >= 15 is 0 Å². The van der Waals surface area contributed by atoms with Crippen LogP contribution in [0.2, 0.25) is 10.2 Å². The van der Waals surface area contributed by atoms with Gasteiger partial charge in [0.05, 0.1) is 0 Å². The first-order valence-electron chi connectivity index (χ1n) is 11.9. The Kier molecular flexibility index (Phi) is 8.91. The summed E-state index contributed by atoms with van der Waals surface area (Å²) < 4.78 is 0.927. The highest BCUT2D eigenvalue weighted by molar-refractivity contribution is 9.10. The molecule has 2 aliphatic rings. The normalized spacial score (nSPS) is 21.4. The first-order chi connectivity index (χ1) is 16.4. The molecule has 10 heteroatoms. The minimum absolute atomic E-state index is 0.0227. The van der Waals surface area contributed by atoms with Crippen molar-refractivity contribution in [3.05, 3.63) is 44.5 Å². The second kappa shape index (κ2) is 11.9. The van der Waals surface area contributed by atoms with Gasteiger partial charge in [-0.15, -0.1) is 0 Å². The fraction of sp³-hybridized carbons (Fsp3) is 0.542. The Balaban J connectivity index is 1.18. The van der Waals surface area contributed by atoms with Crippen molar-refractivity contribution in [2.24, 2.45) is 5.92 Å². The molecule has 34 heavy (non-hydrogen) atoms. The molecule has 184 valence electrons. The van der Waals surface area contributed by atoms with Crippen LogP contribution in [-0.4, -0.2) is 66.6 Å². The summed E-state index contributed by atoms with van der Waals surface area (Å²) in [6, 6.07) is 7.83.